The van der Waals surface area contributed by atoms with E-state index in [0.717, 1.165) is 0 Å². The molecule has 0 rings (SSSR count). The van der Waals surface area contributed by atoms with Crippen LogP contribution in [0.1, 0.15) is 20.8 Å². The van der Waals surface area contributed by atoms with E-state index in [9.17, 15) is 8.42 Å². The highest BCUT2D eigenvalue weighted by atomic mass is 32.2. The molecule has 0 aliphatic rings. The summed E-state index contributed by atoms with van der Waals surface area (Å²) in [6.45, 7) is 4.83. The Labute approximate surface area is 55.3 Å². The molecule has 56 valence electrons. The monoisotopic (exact) mass is 153 g/mol. The fraction of sp³-hybridized carbons (Fsp3) is 1.00. The molecular weight excluding hydrogens is 142 g/mol. The van der Waals surface area contributed by atoms with Gasteiger partial charge in [-0.15, -0.1) is 0 Å². The first-order valence-electron chi connectivity index (χ1n) is 2.44. The Bertz CT molecular complexity index is 176. The third-order valence-corrected chi connectivity index (χ3v) is 1.10. The Morgan fingerprint density at radius 1 is 1.33 bits per heavy atom. The van der Waals surface area contributed by atoms with Gasteiger partial charge in [-0.1, -0.05) is 0 Å². The van der Waals surface area contributed by atoms with Crippen LogP contribution in [0.4, 0.5) is 0 Å². The fourth-order valence-corrected chi connectivity index (χ4v) is 1.05. The second kappa shape index (κ2) is 2.24. The highest BCUT2D eigenvalue weighted by Gasteiger charge is 2.17. The largest absolute Gasteiger partial charge is 0.333 e. The molecule has 0 saturated carbocycles. The maximum atomic E-state index is 10.2. The van der Waals surface area contributed by atoms with Crippen molar-refractivity contribution in [2.24, 2.45) is 5.14 Å². The lowest BCUT2D eigenvalue weighted by molar-refractivity contribution is 0.140. The van der Waals surface area contributed by atoms with E-state index in [4.69, 9.17) is 0 Å². The van der Waals surface area contributed by atoms with Gasteiger partial charge in [0.25, 0.3) is 0 Å². The lowest BCUT2D eigenvalue weighted by Crippen LogP contribution is -2.28. The quantitative estimate of drug-likeness (QED) is 0.576. The van der Waals surface area contributed by atoms with Crippen LogP contribution in [0.15, 0.2) is 0 Å². The molecule has 0 amide bonds. The highest BCUT2D eigenvalue weighted by Crippen LogP contribution is 2.07. The summed E-state index contributed by atoms with van der Waals surface area (Å²) < 4.78 is 24.8. The molecular formula is C4H11NO3S. The number of nitrogens with two attached hydrogens (primary N) is 1. The molecule has 0 aliphatic heterocycles. The topological polar surface area (TPSA) is 69.4 Å². The SMILES string of the molecule is CC(C)(C)OS(N)(=O)=O. The molecule has 0 aromatic carbocycles. The van der Waals surface area contributed by atoms with Gasteiger partial charge in [0, 0.05) is 0 Å². The first kappa shape index (κ1) is 8.87. The third kappa shape index (κ3) is 7.87. The standard InChI is InChI=1S/C4H11NO3S/c1-4(2,3)8-9(5,6)7/h1-3H3,(H2,5,6,7). The Hall–Kier alpha value is -0.130. The summed E-state index contributed by atoms with van der Waals surface area (Å²) in [4.78, 5) is 0. The van der Waals surface area contributed by atoms with Gasteiger partial charge >= 0.3 is 10.3 Å². The summed E-state index contributed by atoms with van der Waals surface area (Å²) in [7, 11) is -3.78. The van der Waals surface area contributed by atoms with Gasteiger partial charge in [0.2, 0.25) is 0 Å². The zero-order chi connectivity index (χ0) is 7.71. The number of rotatable bonds is 1. The molecule has 0 saturated heterocycles. The maximum Gasteiger partial charge on any atom is 0.333 e. The van der Waals surface area contributed by atoms with Gasteiger partial charge in [0.1, 0.15) is 0 Å². The van der Waals surface area contributed by atoms with Gasteiger partial charge in [0.15, 0.2) is 0 Å². The van der Waals surface area contributed by atoms with Crippen LogP contribution in [0.5, 0.6) is 0 Å². The second-order valence-electron chi connectivity index (χ2n) is 2.69. The van der Waals surface area contributed by atoms with Crippen molar-refractivity contribution in [1.29, 1.82) is 0 Å². The van der Waals surface area contributed by atoms with Crippen LogP contribution >= 0.6 is 0 Å². The van der Waals surface area contributed by atoms with Crippen LogP contribution in [0, 0.1) is 0 Å². The van der Waals surface area contributed by atoms with Crippen molar-refractivity contribution < 1.29 is 12.6 Å². The fourth-order valence-electron chi connectivity index (χ4n) is 0.348. The van der Waals surface area contributed by atoms with Crippen LogP contribution in [0.3, 0.4) is 0 Å². The second-order valence-corrected chi connectivity index (χ2v) is 3.84. The van der Waals surface area contributed by atoms with Gasteiger partial charge in [-0.25, -0.2) is 5.14 Å². The van der Waals surface area contributed by atoms with E-state index in [1.54, 1.807) is 20.8 Å². The first-order chi connectivity index (χ1) is 3.71. The van der Waals surface area contributed by atoms with Crippen LogP contribution < -0.4 is 5.14 Å². The van der Waals surface area contributed by atoms with Crippen molar-refractivity contribution in [2.45, 2.75) is 26.4 Å². The van der Waals surface area contributed by atoms with Crippen LogP contribution in [-0.4, -0.2) is 14.0 Å². The van der Waals surface area contributed by atoms with Crippen molar-refractivity contribution in [2.75, 3.05) is 0 Å². The van der Waals surface area contributed by atoms with Crippen molar-refractivity contribution in [3.8, 4) is 0 Å². The van der Waals surface area contributed by atoms with Crippen molar-refractivity contribution in [3.63, 3.8) is 0 Å². The molecule has 0 fully saturated rings. The Balaban J connectivity index is 4.07. The Morgan fingerprint density at radius 3 is 1.67 bits per heavy atom. The zero-order valence-electron chi connectivity index (χ0n) is 5.71. The van der Waals surface area contributed by atoms with E-state index in [1.165, 1.54) is 0 Å². The first-order valence-corrected chi connectivity index (χ1v) is 3.91. The van der Waals surface area contributed by atoms with E-state index in [-0.39, 0.29) is 0 Å². The van der Waals surface area contributed by atoms with E-state index in [2.05, 4.69) is 9.32 Å². The zero-order valence-corrected chi connectivity index (χ0v) is 6.53. The average molecular weight is 153 g/mol. The van der Waals surface area contributed by atoms with E-state index in [0.29, 0.717) is 0 Å². The predicted molar refractivity (Wildman–Crippen MR) is 33.9 cm³/mol. The summed E-state index contributed by atoms with van der Waals surface area (Å²) in [5, 5.41) is 4.57. The van der Waals surface area contributed by atoms with Gasteiger partial charge in [0.05, 0.1) is 5.60 Å². The van der Waals surface area contributed by atoms with E-state index >= 15 is 0 Å². The lowest BCUT2D eigenvalue weighted by atomic mass is 10.2. The molecule has 0 heterocycles. The van der Waals surface area contributed by atoms with Crippen LogP contribution in [-0.2, 0) is 14.5 Å². The molecule has 0 spiro atoms. The molecule has 0 aromatic rings. The van der Waals surface area contributed by atoms with Crippen molar-refractivity contribution in [1.82, 2.24) is 0 Å². The minimum absolute atomic E-state index is 0.729. The molecule has 4 nitrogen and oxygen atoms in total. The van der Waals surface area contributed by atoms with E-state index < -0.39 is 15.9 Å². The summed E-state index contributed by atoms with van der Waals surface area (Å²) in [6.07, 6.45) is 0. The Morgan fingerprint density at radius 2 is 1.67 bits per heavy atom. The number of hydrogen-bond acceptors (Lipinski definition) is 3. The summed E-state index contributed by atoms with van der Waals surface area (Å²) in [5.41, 5.74) is -0.729. The van der Waals surface area contributed by atoms with Crippen LogP contribution in [0.2, 0.25) is 0 Å². The molecule has 0 aliphatic carbocycles. The smallest absolute Gasteiger partial charge is 0.252 e. The third-order valence-electron chi connectivity index (χ3n) is 0.366. The van der Waals surface area contributed by atoms with E-state index in [1.807, 2.05) is 0 Å². The summed E-state index contributed by atoms with van der Waals surface area (Å²) >= 11 is 0. The lowest BCUT2D eigenvalue weighted by Gasteiger charge is -2.15. The minimum atomic E-state index is -3.78. The maximum absolute atomic E-state index is 10.2. The molecule has 9 heavy (non-hydrogen) atoms. The normalized spacial score (nSPS) is 13.8. The Kier molecular flexibility index (Phi) is 2.21. The van der Waals surface area contributed by atoms with Gasteiger partial charge < -0.3 is 0 Å². The summed E-state index contributed by atoms with van der Waals surface area (Å²) in [6, 6.07) is 0. The molecule has 0 bridgehead atoms. The molecule has 5 heteroatoms. The molecule has 2 N–H and O–H groups in total. The van der Waals surface area contributed by atoms with Gasteiger partial charge in [-0.2, -0.15) is 8.42 Å². The highest BCUT2D eigenvalue weighted by molar-refractivity contribution is 7.84. The molecule has 0 aromatic heterocycles. The summed E-state index contributed by atoms with van der Waals surface area (Å²) in [5.74, 6) is 0. The number of hydrogen-bond donors (Lipinski definition) is 1. The minimum Gasteiger partial charge on any atom is -0.252 e. The molecule has 0 atom stereocenters. The van der Waals surface area contributed by atoms with Crippen molar-refractivity contribution in [3.05, 3.63) is 0 Å². The molecule has 0 unspecified atom stereocenters. The average Bonchev–Trinajstić information content (AvgIpc) is 1.14. The van der Waals surface area contributed by atoms with Gasteiger partial charge in [-0.05, 0) is 20.8 Å². The van der Waals surface area contributed by atoms with Gasteiger partial charge in [-0.3, -0.25) is 4.18 Å². The van der Waals surface area contributed by atoms with Crippen LogP contribution in [0.25, 0.3) is 0 Å². The predicted octanol–water partition coefficient (Wildman–Crippen LogP) is 0.00500. The van der Waals surface area contributed by atoms with Crippen molar-refractivity contribution >= 4 is 10.3 Å². The molecule has 0 radical (unpaired) electrons.